The number of rotatable bonds is 4. The summed E-state index contributed by atoms with van der Waals surface area (Å²) in [5.74, 6) is -0.288. The second-order valence-corrected chi connectivity index (χ2v) is 8.02. The first-order valence-electron chi connectivity index (χ1n) is 9.31. The Morgan fingerprint density at radius 3 is 2.48 bits per heavy atom. The van der Waals surface area contributed by atoms with Crippen molar-refractivity contribution in [3.63, 3.8) is 0 Å². The van der Waals surface area contributed by atoms with Gasteiger partial charge >= 0.3 is 6.03 Å². The largest absolute Gasteiger partial charge is 0.367 e. The van der Waals surface area contributed by atoms with Gasteiger partial charge in [0.15, 0.2) is 0 Å². The summed E-state index contributed by atoms with van der Waals surface area (Å²) in [4.78, 5) is 42.5. The summed E-state index contributed by atoms with van der Waals surface area (Å²) in [5.41, 5.74) is 0.112. The quantitative estimate of drug-likeness (QED) is 0.794. The maximum Gasteiger partial charge on any atom is 0.325 e. The molecule has 7 nitrogen and oxygen atoms in total. The average Bonchev–Trinajstić information content (AvgIpc) is 3.48. The first-order chi connectivity index (χ1) is 12.9. The number of anilines is 1. The number of hydrogen-bond acceptors (Lipinski definition) is 4. The summed E-state index contributed by atoms with van der Waals surface area (Å²) in [5, 5.41) is 3.47. The number of amides is 4. The highest BCUT2D eigenvalue weighted by atomic mass is 35.5. The average molecular weight is 391 g/mol. The van der Waals surface area contributed by atoms with Crippen LogP contribution in [-0.4, -0.2) is 65.9 Å². The molecule has 2 saturated heterocycles. The van der Waals surface area contributed by atoms with E-state index >= 15 is 0 Å². The third-order valence-electron chi connectivity index (χ3n) is 5.81. The van der Waals surface area contributed by atoms with Crippen LogP contribution in [0.25, 0.3) is 0 Å². The van der Waals surface area contributed by atoms with E-state index < -0.39 is 11.6 Å². The van der Waals surface area contributed by atoms with Gasteiger partial charge in [-0.05, 0) is 37.8 Å². The van der Waals surface area contributed by atoms with Crippen LogP contribution in [0.2, 0.25) is 5.02 Å². The molecule has 1 aromatic rings. The SMILES string of the molecule is C[C@@]1(C2CC2)NC(=O)N(CC(=O)N2CCN(c3ccccc3Cl)CC2)C1=O. The fraction of sp³-hybridized carbons (Fsp3) is 0.526. The van der Waals surface area contributed by atoms with Gasteiger partial charge in [-0.2, -0.15) is 0 Å². The van der Waals surface area contributed by atoms with E-state index in [0.29, 0.717) is 31.2 Å². The highest BCUT2D eigenvalue weighted by molar-refractivity contribution is 6.33. The molecule has 3 fully saturated rings. The molecule has 8 heteroatoms. The van der Waals surface area contributed by atoms with Crippen molar-refractivity contribution in [3.8, 4) is 0 Å². The van der Waals surface area contributed by atoms with Crippen molar-refractivity contribution in [2.24, 2.45) is 5.92 Å². The number of para-hydroxylation sites is 1. The minimum absolute atomic E-state index is 0.188. The van der Waals surface area contributed by atoms with Crippen LogP contribution in [0.1, 0.15) is 19.8 Å². The monoisotopic (exact) mass is 390 g/mol. The fourth-order valence-corrected chi connectivity index (χ4v) is 4.19. The number of benzene rings is 1. The lowest BCUT2D eigenvalue weighted by molar-refractivity contribution is -0.139. The first kappa shape index (κ1) is 18.1. The number of nitrogens with one attached hydrogen (secondary N) is 1. The Morgan fingerprint density at radius 1 is 1.19 bits per heavy atom. The zero-order valence-corrected chi connectivity index (χ0v) is 16.0. The molecule has 0 bridgehead atoms. The number of carbonyl (C=O) groups is 3. The van der Waals surface area contributed by atoms with Gasteiger partial charge in [0.2, 0.25) is 5.91 Å². The maximum atomic E-state index is 12.7. The zero-order chi connectivity index (χ0) is 19.2. The number of piperazine rings is 1. The summed E-state index contributed by atoms with van der Waals surface area (Å²) in [6.45, 7) is 3.96. The molecule has 4 amide bonds. The Labute approximate surface area is 163 Å². The molecule has 0 spiro atoms. The molecule has 0 radical (unpaired) electrons. The van der Waals surface area contributed by atoms with Gasteiger partial charge in [0.25, 0.3) is 5.91 Å². The second-order valence-electron chi connectivity index (χ2n) is 7.62. The van der Waals surface area contributed by atoms with Gasteiger partial charge in [0.1, 0.15) is 12.1 Å². The highest BCUT2D eigenvalue weighted by Crippen LogP contribution is 2.42. The van der Waals surface area contributed by atoms with Crippen molar-refractivity contribution in [2.75, 3.05) is 37.6 Å². The number of nitrogens with zero attached hydrogens (tertiary/aromatic N) is 3. The summed E-state index contributed by atoms with van der Waals surface area (Å²) in [6.07, 6.45) is 1.88. The van der Waals surface area contributed by atoms with Gasteiger partial charge in [0.05, 0.1) is 10.7 Å². The lowest BCUT2D eigenvalue weighted by Gasteiger charge is -2.36. The van der Waals surface area contributed by atoms with Crippen molar-refractivity contribution < 1.29 is 14.4 Å². The number of carbonyl (C=O) groups excluding carboxylic acids is 3. The van der Waals surface area contributed by atoms with Crippen molar-refractivity contribution >= 4 is 35.1 Å². The number of hydrogen-bond donors (Lipinski definition) is 1. The van der Waals surface area contributed by atoms with Gasteiger partial charge in [-0.3, -0.25) is 14.5 Å². The Kier molecular flexibility index (Phi) is 4.50. The molecular formula is C19H23ClN4O3. The van der Waals surface area contributed by atoms with Crippen LogP contribution in [0.3, 0.4) is 0 Å². The zero-order valence-electron chi connectivity index (χ0n) is 15.3. The predicted molar refractivity (Wildman–Crippen MR) is 102 cm³/mol. The Morgan fingerprint density at radius 2 is 1.85 bits per heavy atom. The smallest absolute Gasteiger partial charge is 0.325 e. The van der Waals surface area contributed by atoms with Crippen LogP contribution in [-0.2, 0) is 9.59 Å². The number of imide groups is 1. The standard InChI is InChI=1S/C19H23ClN4O3/c1-19(13-6-7-13)17(26)24(18(27)21-19)12-16(25)23-10-8-22(9-11-23)15-5-3-2-4-14(15)20/h2-5,13H,6-12H2,1H3,(H,21,27)/t19-/m0/s1. The van der Waals surface area contributed by atoms with E-state index in [0.717, 1.165) is 23.4 Å². The number of halogens is 1. The molecule has 0 aromatic heterocycles. The molecule has 2 aliphatic heterocycles. The predicted octanol–water partition coefficient (Wildman–Crippen LogP) is 1.71. The van der Waals surface area contributed by atoms with Crippen LogP contribution in [0.15, 0.2) is 24.3 Å². The van der Waals surface area contributed by atoms with Crippen molar-refractivity contribution in [1.82, 2.24) is 15.1 Å². The van der Waals surface area contributed by atoms with E-state index in [4.69, 9.17) is 11.6 Å². The Hall–Kier alpha value is -2.28. The Bertz CT molecular complexity index is 789. The van der Waals surface area contributed by atoms with Crippen LogP contribution in [0, 0.1) is 5.92 Å². The van der Waals surface area contributed by atoms with E-state index in [1.807, 2.05) is 24.3 Å². The normalized spacial score (nSPS) is 25.8. The molecule has 0 unspecified atom stereocenters. The van der Waals surface area contributed by atoms with Gasteiger partial charge in [-0.15, -0.1) is 0 Å². The fourth-order valence-electron chi connectivity index (χ4n) is 3.94. The van der Waals surface area contributed by atoms with Gasteiger partial charge < -0.3 is 15.1 Å². The van der Waals surface area contributed by atoms with E-state index in [1.54, 1.807) is 11.8 Å². The van der Waals surface area contributed by atoms with Crippen LogP contribution in [0.5, 0.6) is 0 Å². The lowest BCUT2D eigenvalue weighted by atomic mass is 9.96. The van der Waals surface area contributed by atoms with Gasteiger partial charge in [0, 0.05) is 26.2 Å². The summed E-state index contributed by atoms with van der Waals surface area (Å²) in [7, 11) is 0. The first-order valence-corrected chi connectivity index (χ1v) is 9.69. The molecule has 4 rings (SSSR count). The molecule has 1 atom stereocenters. The van der Waals surface area contributed by atoms with Crippen LogP contribution in [0.4, 0.5) is 10.5 Å². The molecule has 1 N–H and O–H groups in total. The van der Waals surface area contributed by atoms with E-state index in [2.05, 4.69) is 10.2 Å². The summed E-state index contributed by atoms with van der Waals surface area (Å²) >= 11 is 6.25. The second kappa shape index (κ2) is 6.71. The van der Waals surface area contributed by atoms with Crippen molar-refractivity contribution in [1.29, 1.82) is 0 Å². The number of urea groups is 1. The molecule has 1 aliphatic carbocycles. The third-order valence-corrected chi connectivity index (χ3v) is 6.13. The minimum Gasteiger partial charge on any atom is -0.367 e. The summed E-state index contributed by atoms with van der Waals surface area (Å²) < 4.78 is 0. The van der Waals surface area contributed by atoms with E-state index in [1.165, 1.54) is 0 Å². The molecule has 1 saturated carbocycles. The molecule has 1 aromatic carbocycles. The molecule has 2 heterocycles. The van der Waals surface area contributed by atoms with Crippen LogP contribution < -0.4 is 10.2 Å². The van der Waals surface area contributed by atoms with Crippen LogP contribution >= 0.6 is 11.6 Å². The molecule has 3 aliphatic rings. The summed E-state index contributed by atoms with van der Waals surface area (Å²) in [6, 6.07) is 7.18. The lowest BCUT2D eigenvalue weighted by Crippen LogP contribution is -2.52. The topological polar surface area (TPSA) is 73.0 Å². The molecular weight excluding hydrogens is 368 g/mol. The highest BCUT2D eigenvalue weighted by Gasteiger charge is 2.56. The third kappa shape index (κ3) is 3.25. The van der Waals surface area contributed by atoms with E-state index in [9.17, 15) is 14.4 Å². The maximum absolute atomic E-state index is 12.7. The minimum atomic E-state index is -0.847. The van der Waals surface area contributed by atoms with E-state index in [-0.39, 0.29) is 24.3 Å². The molecule has 144 valence electrons. The molecule has 27 heavy (non-hydrogen) atoms. The van der Waals surface area contributed by atoms with Crippen molar-refractivity contribution in [3.05, 3.63) is 29.3 Å². The van der Waals surface area contributed by atoms with Crippen molar-refractivity contribution in [2.45, 2.75) is 25.3 Å². The van der Waals surface area contributed by atoms with Gasteiger partial charge in [-0.25, -0.2) is 4.79 Å². The van der Waals surface area contributed by atoms with Gasteiger partial charge in [-0.1, -0.05) is 23.7 Å². The Balaban J connectivity index is 1.35.